The number of nitrogens with zero attached hydrogens (tertiary/aromatic N) is 4. The third-order valence-electron chi connectivity index (χ3n) is 2.59. The third-order valence-corrected chi connectivity index (χ3v) is 2.59. The van der Waals surface area contributed by atoms with Gasteiger partial charge in [-0.15, -0.1) is 4.91 Å². The summed E-state index contributed by atoms with van der Waals surface area (Å²) in [4.78, 5) is 30.8. The summed E-state index contributed by atoms with van der Waals surface area (Å²) in [5, 5.41) is 25.0. The highest BCUT2D eigenvalue weighted by molar-refractivity contribution is 5.78. The number of anilines is 1. The Morgan fingerprint density at radius 2 is 1.78 bits per heavy atom. The van der Waals surface area contributed by atoms with Crippen LogP contribution >= 0.6 is 0 Å². The van der Waals surface area contributed by atoms with Gasteiger partial charge >= 0.3 is 11.4 Å². The van der Waals surface area contributed by atoms with Gasteiger partial charge in [-0.1, -0.05) is 0 Å². The summed E-state index contributed by atoms with van der Waals surface area (Å²) in [6.07, 6.45) is 0. The van der Waals surface area contributed by atoms with Crippen molar-refractivity contribution in [1.29, 1.82) is 0 Å². The van der Waals surface area contributed by atoms with E-state index < -0.39 is 26.9 Å². The molecular formula is C9H10N4O5. The van der Waals surface area contributed by atoms with Crippen LogP contribution in [0.25, 0.3) is 0 Å². The van der Waals surface area contributed by atoms with Crippen LogP contribution < -0.4 is 5.01 Å². The number of hydrogen-bond donors (Lipinski definition) is 0. The fourth-order valence-corrected chi connectivity index (χ4v) is 1.59. The topological polar surface area (TPSA) is 119 Å². The first-order chi connectivity index (χ1) is 8.31. The number of rotatable bonds is 4. The van der Waals surface area contributed by atoms with Gasteiger partial charge in [0, 0.05) is 18.7 Å². The minimum Gasteiger partial charge on any atom is -0.258 e. The summed E-state index contributed by atoms with van der Waals surface area (Å²) in [7, 11) is 1.12. The molecule has 0 aliphatic heterocycles. The van der Waals surface area contributed by atoms with E-state index in [9.17, 15) is 25.1 Å². The quantitative estimate of drug-likeness (QED) is 0.461. The van der Waals surface area contributed by atoms with Crippen LogP contribution in [-0.2, 0) is 0 Å². The number of benzene rings is 1. The number of nitroso groups, excluding NO2 is 1. The van der Waals surface area contributed by atoms with Crippen molar-refractivity contribution in [1.82, 2.24) is 0 Å². The minimum absolute atomic E-state index is 0.260. The van der Waals surface area contributed by atoms with Crippen molar-refractivity contribution in [2.75, 3.05) is 12.1 Å². The zero-order valence-electron chi connectivity index (χ0n) is 9.91. The lowest BCUT2D eigenvalue weighted by atomic mass is 10.0. The van der Waals surface area contributed by atoms with Crippen LogP contribution in [0.15, 0.2) is 11.4 Å². The smallest absolute Gasteiger partial charge is 0.258 e. The maximum Gasteiger partial charge on any atom is 0.304 e. The lowest BCUT2D eigenvalue weighted by molar-refractivity contribution is -0.393. The zero-order valence-corrected chi connectivity index (χ0v) is 9.91. The van der Waals surface area contributed by atoms with Crippen molar-refractivity contribution < 1.29 is 9.85 Å². The van der Waals surface area contributed by atoms with Crippen LogP contribution in [0, 0.1) is 39.0 Å². The number of aryl methyl sites for hydroxylation is 1. The first kappa shape index (κ1) is 13.5. The van der Waals surface area contributed by atoms with Crippen LogP contribution in [0.2, 0.25) is 0 Å². The van der Waals surface area contributed by atoms with Gasteiger partial charge in [0.05, 0.1) is 15.1 Å². The Bertz CT molecular complexity index is 542. The van der Waals surface area contributed by atoms with Crippen molar-refractivity contribution >= 4 is 17.1 Å². The second-order valence-electron chi connectivity index (χ2n) is 3.65. The average molecular weight is 254 g/mol. The van der Waals surface area contributed by atoms with Gasteiger partial charge in [0.15, 0.2) is 0 Å². The fourth-order valence-electron chi connectivity index (χ4n) is 1.59. The standard InChI is InChI=1S/C9H10N4O5/c1-5-4-7(12(15)16)9(11(3)10-14)8(6(5)2)13(17)18/h4H,1-3H3. The molecule has 96 valence electrons. The highest BCUT2D eigenvalue weighted by Crippen LogP contribution is 2.41. The first-order valence-corrected chi connectivity index (χ1v) is 4.81. The summed E-state index contributed by atoms with van der Waals surface area (Å²) in [5.74, 6) is 0. The highest BCUT2D eigenvalue weighted by atomic mass is 16.6. The van der Waals surface area contributed by atoms with E-state index in [2.05, 4.69) is 5.29 Å². The van der Waals surface area contributed by atoms with Gasteiger partial charge in [0.25, 0.3) is 0 Å². The van der Waals surface area contributed by atoms with Gasteiger partial charge in [-0.25, -0.2) is 5.01 Å². The molecule has 1 aromatic rings. The number of hydrogen-bond acceptors (Lipinski definition) is 6. The maximum absolute atomic E-state index is 11.0. The van der Waals surface area contributed by atoms with Crippen molar-refractivity contribution in [3.8, 4) is 0 Å². The Morgan fingerprint density at radius 1 is 1.22 bits per heavy atom. The zero-order chi connectivity index (χ0) is 14.0. The molecule has 9 heteroatoms. The van der Waals surface area contributed by atoms with Crippen LogP contribution in [0.5, 0.6) is 0 Å². The van der Waals surface area contributed by atoms with E-state index in [4.69, 9.17) is 0 Å². The van der Waals surface area contributed by atoms with Crippen molar-refractivity contribution in [2.24, 2.45) is 5.29 Å². The molecule has 0 atom stereocenters. The molecule has 0 N–H and O–H groups in total. The summed E-state index contributed by atoms with van der Waals surface area (Å²) in [5.41, 5.74) is -0.758. The molecule has 9 nitrogen and oxygen atoms in total. The Labute approximate surface area is 101 Å². The van der Waals surface area contributed by atoms with Gasteiger partial charge in [-0.3, -0.25) is 20.2 Å². The van der Waals surface area contributed by atoms with E-state index in [1.807, 2.05) is 0 Å². The average Bonchev–Trinajstić information content (AvgIpc) is 2.29. The molecule has 0 aliphatic carbocycles. The van der Waals surface area contributed by atoms with Crippen molar-refractivity contribution in [2.45, 2.75) is 13.8 Å². The molecule has 0 radical (unpaired) electrons. The molecule has 0 spiro atoms. The molecule has 0 amide bonds. The van der Waals surface area contributed by atoms with E-state index in [0.29, 0.717) is 10.6 Å². The third kappa shape index (κ3) is 2.10. The summed E-state index contributed by atoms with van der Waals surface area (Å²) >= 11 is 0. The lowest BCUT2D eigenvalue weighted by Crippen LogP contribution is -2.13. The van der Waals surface area contributed by atoms with E-state index in [1.54, 1.807) is 0 Å². The molecule has 1 rings (SSSR count). The Balaban J connectivity index is 3.80. The Morgan fingerprint density at radius 3 is 2.17 bits per heavy atom. The molecular weight excluding hydrogens is 244 g/mol. The van der Waals surface area contributed by atoms with Crippen LogP contribution in [0.3, 0.4) is 0 Å². The van der Waals surface area contributed by atoms with Crippen LogP contribution in [0.1, 0.15) is 11.1 Å². The predicted octanol–water partition coefficient (Wildman–Crippen LogP) is 2.24. The molecule has 0 unspecified atom stereocenters. The molecule has 0 saturated heterocycles. The first-order valence-electron chi connectivity index (χ1n) is 4.81. The van der Waals surface area contributed by atoms with Gasteiger partial charge in [0.1, 0.15) is 0 Å². The molecule has 0 aliphatic rings. The van der Waals surface area contributed by atoms with Gasteiger partial charge in [-0.05, 0) is 19.4 Å². The van der Waals surface area contributed by atoms with Gasteiger partial charge in [-0.2, -0.15) is 0 Å². The second-order valence-corrected chi connectivity index (χ2v) is 3.65. The van der Waals surface area contributed by atoms with Crippen LogP contribution in [0.4, 0.5) is 17.1 Å². The normalized spacial score (nSPS) is 9.94. The monoisotopic (exact) mass is 254 g/mol. The number of nitro benzene ring substituents is 2. The minimum atomic E-state index is -0.781. The predicted molar refractivity (Wildman–Crippen MR) is 63.4 cm³/mol. The van der Waals surface area contributed by atoms with Crippen molar-refractivity contribution in [3.05, 3.63) is 42.3 Å². The summed E-state index contributed by atoms with van der Waals surface area (Å²) < 4.78 is 0. The van der Waals surface area contributed by atoms with Gasteiger partial charge < -0.3 is 0 Å². The summed E-state index contributed by atoms with van der Waals surface area (Å²) in [6, 6.07) is 1.18. The molecule has 0 bridgehead atoms. The van der Waals surface area contributed by atoms with E-state index >= 15 is 0 Å². The maximum atomic E-state index is 11.0. The molecule has 0 saturated carbocycles. The fraction of sp³-hybridized carbons (Fsp3) is 0.333. The van der Waals surface area contributed by atoms with Crippen molar-refractivity contribution in [3.63, 3.8) is 0 Å². The highest BCUT2D eigenvalue weighted by Gasteiger charge is 2.32. The molecule has 0 heterocycles. The lowest BCUT2D eigenvalue weighted by Gasteiger charge is -2.12. The Hall–Kier alpha value is -2.58. The molecule has 18 heavy (non-hydrogen) atoms. The summed E-state index contributed by atoms with van der Waals surface area (Å²) in [6.45, 7) is 2.98. The Kier molecular flexibility index (Phi) is 3.55. The largest absolute Gasteiger partial charge is 0.304 e. The molecule has 0 aromatic heterocycles. The number of nitro groups is 2. The van der Waals surface area contributed by atoms with E-state index in [0.717, 1.165) is 7.05 Å². The van der Waals surface area contributed by atoms with E-state index in [-0.39, 0.29) is 5.56 Å². The second kappa shape index (κ2) is 4.73. The molecule has 1 aromatic carbocycles. The van der Waals surface area contributed by atoms with E-state index in [1.165, 1.54) is 19.9 Å². The molecule has 0 fully saturated rings. The van der Waals surface area contributed by atoms with Gasteiger partial charge in [0.2, 0.25) is 5.69 Å². The SMILES string of the molecule is Cc1cc([N+](=O)[O-])c(N(C)N=O)c([N+](=O)[O-])c1C. The van der Waals surface area contributed by atoms with Crippen LogP contribution in [-0.4, -0.2) is 16.9 Å².